The Morgan fingerprint density at radius 1 is 1.03 bits per heavy atom. The number of fused-ring (bicyclic) bond motifs is 1. The molecule has 1 amide bonds. The summed E-state index contributed by atoms with van der Waals surface area (Å²) in [5.74, 6) is 2.03. The van der Waals surface area contributed by atoms with Crippen molar-refractivity contribution in [2.75, 3.05) is 36.8 Å². The number of hydrogen-bond acceptors (Lipinski definition) is 7. The van der Waals surface area contributed by atoms with Crippen LogP contribution in [-0.2, 0) is 4.79 Å². The quantitative estimate of drug-likeness (QED) is 0.678. The van der Waals surface area contributed by atoms with Crippen LogP contribution in [0.2, 0.25) is 0 Å². The van der Waals surface area contributed by atoms with Gasteiger partial charge in [-0.3, -0.25) is 4.79 Å². The largest absolute Gasteiger partial charge is 0.383 e. The zero-order valence-electron chi connectivity index (χ0n) is 18.5. The predicted octanol–water partition coefficient (Wildman–Crippen LogP) is 3.39. The smallest absolute Gasteiger partial charge is 0.219 e. The van der Waals surface area contributed by atoms with Crippen molar-refractivity contribution in [3.05, 3.63) is 36.3 Å². The lowest BCUT2D eigenvalue weighted by Crippen LogP contribution is -2.48. The number of carbonyl (C=O) groups is 1. The van der Waals surface area contributed by atoms with E-state index in [-0.39, 0.29) is 5.91 Å². The van der Waals surface area contributed by atoms with Crippen molar-refractivity contribution >= 4 is 28.6 Å². The number of nitrogens with two attached hydrogens (primary N) is 1. The molecule has 0 radical (unpaired) electrons. The number of nitrogen functional groups attached to an aromatic ring is 1. The van der Waals surface area contributed by atoms with Gasteiger partial charge in [0.05, 0.1) is 11.1 Å². The second kappa shape index (κ2) is 8.68. The van der Waals surface area contributed by atoms with Gasteiger partial charge in [0.1, 0.15) is 18.0 Å². The van der Waals surface area contributed by atoms with Crippen LogP contribution in [0.4, 0.5) is 11.6 Å². The first-order valence-electron chi connectivity index (χ1n) is 11.5. The third-order valence-corrected chi connectivity index (χ3v) is 6.80. The molecule has 2 N–H and O–H groups in total. The van der Waals surface area contributed by atoms with E-state index in [2.05, 4.69) is 27.0 Å². The van der Waals surface area contributed by atoms with Gasteiger partial charge in [-0.1, -0.05) is 19.3 Å². The maximum atomic E-state index is 11.6. The van der Waals surface area contributed by atoms with Crippen LogP contribution in [-0.4, -0.2) is 56.9 Å². The van der Waals surface area contributed by atoms with Gasteiger partial charge >= 0.3 is 0 Å². The molecule has 3 aromatic heterocycles. The molecule has 0 unspecified atom stereocenters. The minimum absolute atomic E-state index is 0.133. The summed E-state index contributed by atoms with van der Waals surface area (Å²) in [7, 11) is 0. The molecule has 8 nitrogen and oxygen atoms in total. The van der Waals surface area contributed by atoms with Crippen molar-refractivity contribution in [3.8, 4) is 11.3 Å². The van der Waals surface area contributed by atoms with E-state index in [1.807, 2.05) is 17.2 Å². The predicted molar refractivity (Wildman–Crippen MR) is 125 cm³/mol. The average Bonchev–Trinajstić information content (AvgIpc) is 2.84. The van der Waals surface area contributed by atoms with Crippen molar-refractivity contribution in [1.29, 1.82) is 0 Å². The van der Waals surface area contributed by atoms with Crippen LogP contribution in [0.15, 0.2) is 30.7 Å². The third kappa shape index (κ3) is 3.97. The molecule has 8 heteroatoms. The Morgan fingerprint density at radius 3 is 2.50 bits per heavy atom. The fourth-order valence-corrected chi connectivity index (χ4v) is 4.98. The van der Waals surface area contributed by atoms with Gasteiger partial charge in [0.15, 0.2) is 5.65 Å². The highest BCUT2D eigenvalue weighted by atomic mass is 16.2. The first kappa shape index (κ1) is 20.6. The maximum absolute atomic E-state index is 11.6. The second-order valence-electron chi connectivity index (χ2n) is 8.79. The van der Waals surface area contributed by atoms with Crippen LogP contribution in [0.25, 0.3) is 22.3 Å². The van der Waals surface area contributed by atoms with Gasteiger partial charge in [-0.2, -0.15) is 0 Å². The zero-order valence-corrected chi connectivity index (χ0v) is 18.5. The van der Waals surface area contributed by atoms with Crippen LogP contribution in [0.5, 0.6) is 0 Å². The first-order chi connectivity index (χ1) is 15.6. The molecule has 0 bridgehead atoms. The van der Waals surface area contributed by atoms with Crippen LogP contribution in [0.3, 0.4) is 0 Å². The summed E-state index contributed by atoms with van der Waals surface area (Å²) in [6, 6.07) is 6.28. The van der Waals surface area contributed by atoms with E-state index in [1.165, 1.54) is 31.2 Å². The van der Waals surface area contributed by atoms with Crippen LogP contribution in [0.1, 0.15) is 50.5 Å². The monoisotopic (exact) mass is 431 g/mol. The molecule has 2 fully saturated rings. The number of anilines is 2. The number of rotatable bonds is 3. The van der Waals surface area contributed by atoms with Gasteiger partial charge in [-0.05, 0) is 42.5 Å². The van der Waals surface area contributed by atoms with Crippen molar-refractivity contribution in [2.45, 2.75) is 44.9 Å². The molecule has 0 spiro atoms. The number of aromatic nitrogens is 4. The topological polar surface area (TPSA) is 101 Å². The Balaban J connectivity index is 1.45. The molecule has 1 saturated carbocycles. The summed E-state index contributed by atoms with van der Waals surface area (Å²) in [6.45, 7) is 4.68. The van der Waals surface area contributed by atoms with Gasteiger partial charge in [0.25, 0.3) is 0 Å². The summed E-state index contributed by atoms with van der Waals surface area (Å²) < 4.78 is 0. The Hall–Kier alpha value is -3.29. The molecular formula is C24H29N7O. The van der Waals surface area contributed by atoms with Crippen LogP contribution >= 0.6 is 0 Å². The number of amides is 1. The normalized spacial score (nSPS) is 17.7. The maximum Gasteiger partial charge on any atom is 0.219 e. The Kier molecular flexibility index (Phi) is 5.59. The highest BCUT2D eigenvalue weighted by molar-refractivity contribution is 5.90. The number of carbonyl (C=O) groups excluding carboxylic acids is 1. The second-order valence-corrected chi connectivity index (χ2v) is 8.79. The summed E-state index contributed by atoms with van der Waals surface area (Å²) in [4.78, 5) is 33.8. The van der Waals surface area contributed by atoms with Crippen LogP contribution < -0.4 is 10.6 Å². The van der Waals surface area contributed by atoms with E-state index in [0.717, 1.165) is 61.5 Å². The minimum atomic E-state index is 0.133. The lowest BCUT2D eigenvalue weighted by molar-refractivity contribution is -0.129. The van der Waals surface area contributed by atoms with Gasteiger partial charge in [-0.25, -0.2) is 19.9 Å². The Bertz CT molecular complexity index is 1120. The molecule has 0 atom stereocenters. The van der Waals surface area contributed by atoms with Crippen molar-refractivity contribution in [3.63, 3.8) is 0 Å². The fourth-order valence-electron chi connectivity index (χ4n) is 4.98. The van der Waals surface area contributed by atoms with E-state index in [9.17, 15) is 4.79 Å². The third-order valence-electron chi connectivity index (χ3n) is 6.80. The molecule has 2 aliphatic rings. The average molecular weight is 432 g/mol. The van der Waals surface area contributed by atoms with Gasteiger partial charge < -0.3 is 15.5 Å². The molecule has 5 rings (SSSR count). The van der Waals surface area contributed by atoms with E-state index >= 15 is 0 Å². The molecular weight excluding hydrogens is 402 g/mol. The van der Waals surface area contributed by atoms with Crippen molar-refractivity contribution < 1.29 is 4.79 Å². The van der Waals surface area contributed by atoms with E-state index in [1.54, 1.807) is 6.92 Å². The minimum Gasteiger partial charge on any atom is -0.383 e. The SMILES string of the molecule is CC(=O)N1CCN(c2ccc(-c3cc(C4CCCCC4)c4c(N)ncnc4n3)cn2)CC1. The van der Waals surface area contributed by atoms with E-state index in [0.29, 0.717) is 17.4 Å². The van der Waals surface area contributed by atoms with Crippen molar-refractivity contribution in [1.82, 2.24) is 24.8 Å². The molecule has 166 valence electrons. The summed E-state index contributed by atoms with van der Waals surface area (Å²) in [5, 5.41) is 0.899. The molecule has 1 aliphatic carbocycles. The first-order valence-corrected chi connectivity index (χ1v) is 11.5. The Morgan fingerprint density at radius 2 is 1.81 bits per heavy atom. The fraction of sp³-hybridized carbons (Fsp3) is 0.458. The van der Waals surface area contributed by atoms with Crippen LogP contribution in [0, 0.1) is 0 Å². The zero-order chi connectivity index (χ0) is 22.1. The Labute approximate surface area is 187 Å². The van der Waals surface area contributed by atoms with E-state index < -0.39 is 0 Å². The molecule has 3 aromatic rings. The molecule has 1 saturated heterocycles. The van der Waals surface area contributed by atoms with Gasteiger partial charge in [0, 0.05) is 44.9 Å². The van der Waals surface area contributed by atoms with E-state index in [4.69, 9.17) is 15.7 Å². The summed E-state index contributed by atoms with van der Waals surface area (Å²) >= 11 is 0. The number of pyridine rings is 2. The summed E-state index contributed by atoms with van der Waals surface area (Å²) in [6.07, 6.45) is 9.48. The molecule has 0 aromatic carbocycles. The number of piperazine rings is 1. The number of nitrogens with zero attached hydrogens (tertiary/aromatic N) is 6. The number of hydrogen-bond donors (Lipinski definition) is 1. The molecule has 4 heterocycles. The molecule has 32 heavy (non-hydrogen) atoms. The molecule has 1 aliphatic heterocycles. The highest BCUT2D eigenvalue weighted by Crippen LogP contribution is 2.38. The van der Waals surface area contributed by atoms with Crippen molar-refractivity contribution in [2.24, 2.45) is 0 Å². The lowest BCUT2D eigenvalue weighted by Gasteiger charge is -2.34. The highest BCUT2D eigenvalue weighted by Gasteiger charge is 2.23. The standard InChI is InChI=1S/C24H29N7O/c1-16(32)30-9-11-31(12-10-30)21-8-7-18(14-26-21)20-13-19(17-5-3-2-4-6-17)22-23(25)27-15-28-24(22)29-20/h7-8,13-15,17H,2-6,9-12H2,1H3,(H2,25,27,28,29). The van der Waals surface area contributed by atoms with Gasteiger partial charge in [-0.15, -0.1) is 0 Å². The van der Waals surface area contributed by atoms with Gasteiger partial charge in [0.2, 0.25) is 5.91 Å². The lowest BCUT2D eigenvalue weighted by atomic mass is 9.82. The summed E-state index contributed by atoms with van der Waals surface area (Å²) in [5.41, 5.74) is 9.95.